The topological polar surface area (TPSA) is 56.0 Å². The summed E-state index contributed by atoms with van der Waals surface area (Å²) in [5, 5.41) is 3.23. The molecule has 5 aromatic carbocycles. The number of pyridine rings is 2. The molecule has 0 unspecified atom stereocenters. The molecule has 0 fully saturated rings. The van der Waals surface area contributed by atoms with Crippen molar-refractivity contribution in [2.45, 2.75) is 0 Å². The van der Waals surface area contributed by atoms with Gasteiger partial charge in [-0.3, -0.25) is 4.40 Å². The van der Waals surface area contributed by atoms with Crippen LogP contribution in [0.4, 0.5) is 0 Å². The Morgan fingerprint density at radius 2 is 1.07 bits per heavy atom. The Morgan fingerprint density at radius 1 is 0.400 bits per heavy atom. The summed E-state index contributed by atoms with van der Waals surface area (Å²) in [7, 11) is 0. The van der Waals surface area contributed by atoms with Gasteiger partial charge in [0.05, 0.1) is 16.9 Å². The number of rotatable bonds is 4. The summed E-state index contributed by atoms with van der Waals surface area (Å²) in [6.07, 6.45) is 2.02. The standard InChI is InChI=1S/C40H25N5/c1-2-11-28(12-3-1)39-41-34-18-7-6-17-33(34)37(43-39)30-14-10-13-29(25-30)26-20-22-27(23-21-26)36-31-15-4-5-16-32(31)38-40(44-36)45-24-9-8-19-35(45)42-38/h1-25H. The van der Waals surface area contributed by atoms with Crippen molar-refractivity contribution in [1.82, 2.24) is 24.3 Å². The highest BCUT2D eigenvalue weighted by atomic mass is 15.1. The number of fused-ring (bicyclic) bond motifs is 6. The zero-order valence-electron chi connectivity index (χ0n) is 24.2. The van der Waals surface area contributed by atoms with Crippen molar-refractivity contribution in [2.75, 3.05) is 0 Å². The van der Waals surface area contributed by atoms with Gasteiger partial charge in [0, 0.05) is 39.0 Å². The Kier molecular flexibility index (Phi) is 5.74. The van der Waals surface area contributed by atoms with Crippen LogP contribution in [0.1, 0.15) is 0 Å². The highest BCUT2D eigenvalue weighted by molar-refractivity contribution is 6.09. The number of aromatic nitrogens is 5. The molecule has 5 heteroatoms. The number of nitrogens with zero attached hydrogens (tertiary/aromatic N) is 5. The van der Waals surface area contributed by atoms with E-state index in [9.17, 15) is 0 Å². The van der Waals surface area contributed by atoms with Crippen LogP contribution in [-0.2, 0) is 0 Å². The molecule has 0 saturated heterocycles. The van der Waals surface area contributed by atoms with Crippen LogP contribution in [0, 0.1) is 0 Å². The van der Waals surface area contributed by atoms with E-state index >= 15 is 0 Å². The third kappa shape index (κ3) is 4.25. The van der Waals surface area contributed by atoms with Crippen LogP contribution >= 0.6 is 0 Å². The zero-order valence-corrected chi connectivity index (χ0v) is 24.2. The van der Waals surface area contributed by atoms with Crippen LogP contribution in [0.25, 0.3) is 83.5 Å². The van der Waals surface area contributed by atoms with E-state index in [1.54, 1.807) is 0 Å². The van der Waals surface area contributed by atoms with Crippen molar-refractivity contribution < 1.29 is 0 Å². The molecule has 210 valence electrons. The largest absolute Gasteiger partial charge is 0.284 e. The maximum atomic E-state index is 5.17. The second-order valence-electron chi connectivity index (χ2n) is 11.2. The molecule has 45 heavy (non-hydrogen) atoms. The molecule has 0 radical (unpaired) electrons. The molecule has 0 aliphatic rings. The zero-order chi connectivity index (χ0) is 29.7. The van der Waals surface area contributed by atoms with Crippen LogP contribution in [0.15, 0.2) is 152 Å². The van der Waals surface area contributed by atoms with E-state index in [2.05, 4.69) is 101 Å². The summed E-state index contributed by atoms with van der Waals surface area (Å²) < 4.78 is 2.06. The van der Waals surface area contributed by atoms with Gasteiger partial charge in [-0.1, -0.05) is 121 Å². The fourth-order valence-corrected chi connectivity index (χ4v) is 6.23. The van der Waals surface area contributed by atoms with E-state index in [0.29, 0.717) is 0 Å². The van der Waals surface area contributed by atoms with Crippen molar-refractivity contribution in [3.8, 4) is 45.0 Å². The van der Waals surface area contributed by atoms with E-state index in [-0.39, 0.29) is 0 Å². The van der Waals surface area contributed by atoms with Gasteiger partial charge in [-0.2, -0.15) is 0 Å². The minimum atomic E-state index is 0.724. The van der Waals surface area contributed by atoms with Crippen molar-refractivity contribution >= 4 is 38.5 Å². The molecule has 0 aliphatic carbocycles. The predicted octanol–water partition coefficient (Wildman–Crippen LogP) is 9.65. The van der Waals surface area contributed by atoms with Crippen LogP contribution in [0.3, 0.4) is 0 Å². The van der Waals surface area contributed by atoms with E-state index in [1.165, 1.54) is 0 Å². The Labute approximate surface area is 259 Å². The van der Waals surface area contributed by atoms with Gasteiger partial charge < -0.3 is 0 Å². The molecule has 0 aliphatic heterocycles. The average molecular weight is 576 g/mol. The highest BCUT2D eigenvalue weighted by Crippen LogP contribution is 2.35. The van der Waals surface area contributed by atoms with Gasteiger partial charge in [0.1, 0.15) is 11.2 Å². The predicted molar refractivity (Wildman–Crippen MR) is 183 cm³/mol. The SMILES string of the molecule is c1ccc(-c2nc(-c3cccc(-c4ccc(-c5nc6c(nc7ccccn76)c6ccccc56)cc4)c3)c3ccccc3n2)cc1. The smallest absolute Gasteiger partial charge is 0.165 e. The highest BCUT2D eigenvalue weighted by Gasteiger charge is 2.16. The number of hydrogen-bond donors (Lipinski definition) is 0. The Hall–Kier alpha value is -6.20. The van der Waals surface area contributed by atoms with Gasteiger partial charge in [0.2, 0.25) is 0 Å². The minimum Gasteiger partial charge on any atom is -0.284 e. The van der Waals surface area contributed by atoms with Gasteiger partial charge in [0.25, 0.3) is 0 Å². The monoisotopic (exact) mass is 575 g/mol. The Bertz CT molecular complexity index is 2530. The van der Waals surface area contributed by atoms with Crippen molar-refractivity contribution in [2.24, 2.45) is 0 Å². The molecular weight excluding hydrogens is 550 g/mol. The molecular formula is C40H25N5. The Morgan fingerprint density at radius 3 is 1.93 bits per heavy atom. The van der Waals surface area contributed by atoms with Gasteiger partial charge in [-0.15, -0.1) is 0 Å². The van der Waals surface area contributed by atoms with Crippen LogP contribution < -0.4 is 0 Å². The summed E-state index contributed by atoms with van der Waals surface area (Å²) in [5.41, 5.74) is 10.8. The molecule has 4 aromatic heterocycles. The molecule has 0 atom stereocenters. The second-order valence-corrected chi connectivity index (χ2v) is 11.2. The second kappa shape index (κ2) is 10.2. The maximum absolute atomic E-state index is 5.17. The summed E-state index contributed by atoms with van der Waals surface area (Å²) in [5.74, 6) is 0.724. The lowest BCUT2D eigenvalue weighted by molar-refractivity contribution is 1.19. The first kappa shape index (κ1) is 25.3. The lowest BCUT2D eigenvalue weighted by atomic mass is 9.97. The van der Waals surface area contributed by atoms with E-state index in [1.807, 2.05) is 54.7 Å². The third-order valence-corrected chi connectivity index (χ3v) is 8.42. The summed E-state index contributed by atoms with van der Waals surface area (Å²) in [4.78, 5) is 20.0. The molecule has 4 heterocycles. The van der Waals surface area contributed by atoms with E-state index in [0.717, 1.165) is 83.5 Å². The molecule has 0 N–H and O–H groups in total. The molecule has 9 rings (SSSR count). The van der Waals surface area contributed by atoms with Crippen LogP contribution in [0.2, 0.25) is 0 Å². The third-order valence-electron chi connectivity index (χ3n) is 8.42. The first-order valence-electron chi connectivity index (χ1n) is 15.0. The van der Waals surface area contributed by atoms with Gasteiger partial charge in [-0.25, -0.2) is 19.9 Å². The Balaban J connectivity index is 1.14. The fourth-order valence-electron chi connectivity index (χ4n) is 6.23. The lowest BCUT2D eigenvalue weighted by Gasteiger charge is -2.11. The molecule has 0 bridgehead atoms. The molecule has 5 nitrogen and oxygen atoms in total. The van der Waals surface area contributed by atoms with Crippen LogP contribution in [0.5, 0.6) is 0 Å². The number of para-hydroxylation sites is 1. The summed E-state index contributed by atoms with van der Waals surface area (Å²) >= 11 is 0. The molecule has 0 saturated carbocycles. The normalized spacial score (nSPS) is 11.6. The van der Waals surface area contributed by atoms with E-state index in [4.69, 9.17) is 19.9 Å². The number of hydrogen-bond acceptors (Lipinski definition) is 4. The van der Waals surface area contributed by atoms with Crippen molar-refractivity contribution in [3.63, 3.8) is 0 Å². The fraction of sp³-hybridized carbons (Fsp3) is 0. The first-order chi connectivity index (χ1) is 22.3. The maximum Gasteiger partial charge on any atom is 0.165 e. The number of imidazole rings is 1. The van der Waals surface area contributed by atoms with Gasteiger partial charge in [-0.05, 0) is 35.4 Å². The van der Waals surface area contributed by atoms with E-state index < -0.39 is 0 Å². The quantitative estimate of drug-likeness (QED) is 0.210. The minimum absolute atomic E-state index is 0.724. The average Bonchev–Trinajstić information content (AvgIpc) is 3.50. The number of benzene rings is 5. The van der Waals surface area contributed by atoms with Crippen LogP contribution in [-0.4, -0.2) is 24.3 Å². The van der Waals surface area contributed by atoms with Gasteiger partial charge in [0.15, 0.2) is 11.5 Å². The summed E-state index contributed by atoms with van der Waals surface area (Å²) in [6.45, 7) is 0. The molecule has 0 amide bonds. The summed E-state index contributed by atoms with van der Waals surface area (Å²) in [6, 6.07) is 50.1. The lowest BCUT2D eigenvalue weighted by Crippen LogP contribution is -1.95. The van der Waals surface area contributed by atoms with Crippen molar-refractivity contribution in [1.29, 1.82) is 0 Å². The molecule has 9 aromatic rings. The first-order valence-corrected chi connectivity index (χ1v) is 15.0. The van der Waals surface area contributed by atoms with Crippen molar-refractivity contribution in [3.05, 3.63) is 152 Å². The molecule has 0 spiro atoms. The van der Waals surface area contributed by atoms with Gasteiger partial charge >= 0.3 is 0 Å².